The summed E-state index contributed by atoms with van der Waals surface area (Å²) < 4.78 is 5.66. The van der Waals surface area contributed by atoms with Crippen LogP contribution in [-0.4, -0.2) is 30.6 Å². The Morgan fingerprint density at radius 3 is 3.05 bits per heavy atom. The van der Waals surface area contributed by atoms with Crippen LogP contribution >= 0.6 is 0 Å². The van der Waals surface area contributed by atoms with E-state index in [1.807, 2.05) is 18.4 Å². The van der Waals surface area contributed by atoms with Gasteiger partial charge in [-0.05, 0) is 37.9 Å². The molecule has 21 heavy (non-hydrogen) atoms. The second-order valence-corrected chi connectivity index (χ2v) is 6.56. The van der Waals surface area contributed by atoms with E-state index in [1.54, 1.807) is 0 Å². The molecule has 0 aliphatic carbocycles. The molecule has 3 nitrogen and oxygen atoms in total. The third kappa shape index (κ3) is 3.66. The fourth-order valence-corrected chi connectivity index (χ4v) is 3.26. The molecule has 0 saturated carbocycles. The number of hydrogen-bond donors (Lipinski definition) is 1. The average molecular weight is 286 g/mol. The summed E-state index contributed by atoms with van der Waals surface area (Å²) in [6.45, 7) is 8.99. The molecule has 0 spiro atoms. The van der Waals surface area contributed by atoms with E-state index in [9.17, 15) is 0 Å². The van der Waals surface area contributed by atoms with Gasteiger partial charge in [0.15, 0.2) is 0 Å². The first-order valence-corrected chi connectivity index (χ1v) is 8.13. The molecule has 0 amide bonds. The summed E-state index contributed by atoms with van der Waals surface area (Å²) in [6, 6.07) is 8.91. The molecule has 3 heteroatoms. The van der Waals surface area contributed by atoms with Crippen LogP contribution in [0.4, 0.5) is 0 Å². The number of furan rings is 1. The lowest BCUT2D eigenvalue weighted by Crippen LogP contribution is -2.40. The van der Waals surface area contributed by atoms with Crippen molar-refractivity contribution in [3.63, 3.8) is 0 Å². The molecular weight excluding hydrogens is 260 g/mol. The highest BCUT2D eigenvalue weighted by Crippen LogP contribution is 2.24. The standard InChI is InChI=1S/C18H26N2O/c1-14(2)19-10-15-6-5-9-20(11-15)12-16-13-21-18-8-4-3-7-17(16)18/h3-4,7-8,13-15,19H,5-6,9-12H2,1-2H3. The Morgan fingerprint density at radius 2 is 2.19 bits per heavy atom. The molecule has 2 heterocycles. The van der Waals surface area contributed by atoms with Crippen LogP contribution in [0, 0.1) is 5.92 Å². The molecule has 0 bridgehead atoms. The number of piperidine rings is 1. The van der Waals surface area contributed by atoms with E-state index < -0.39 is 0 Å². The van der Waals surface area contributed by atoms with Gasteiger partial charge in [0, 0.05) is 30.1 Å². The number of para-hydroxylation sites is 1. The van der Waals surface area contributed by atoms with Gasteiger partial charge < -0.3 is 9.73 Å². The van der Waals surface area contributed by atoms with Crippen molar-refractivity contribution in [1.82, 2.24) is 10.2 Å². The lowest BCUT2D eigenvalue weighted by atomic mass is 9.97. The highest BCUT2D eigenvalue weighted by Gasteiger charge is 2.21. The van der Waals surface area contributed by atoms with Gasteiger partial charge in [0.1, 0.15) is 5.58 Å². The average Bonchev–Trinajstić information content (AvgIpc) is 2.89. The van der Waals surface area contributed by atoms with Crippen LogP contribution < -0.4 is 5.32 Å². The van der Waals surface area contributed by atoms with Gasteiger partial charge in [0.2, 0.25) is 0 Å². The maximum atomic E-state index is 5.66. The second-order valence-electron chi connectivity index (χ2n) is 6.56. The van der Waals surface area contributed by atoms with E-state index >= 15 is 0 Å². The van der Waals surface area contributed by atoms with Crippen molar-refractivity contribution in [3.8, 4) is 0 Å². The molecule has 1 aromatic heterocycles. The van der Waals surface area contributed by atoms with Gasteiger partial charge in [0.05, 0.1) is 6.26 Å². The quantitative estimate of drug-likeness (QED) is 0.909. The lowest BCUT2D eigenvalue weighted by molar-refractivity contribution is 0.164. The molecule has 1 aromatic carbocycles. The molecule has 1 saturated heterocycles. The first-order chi connectivity index (χ1) is 10.2. The van der Waals surface area contributed by atoms with Crippen LogP contribution in [0.2, 0.25) is 0 Å². The van der Waals surface area contributed by atoms with Gasteiger partial charge in [0.25, 0.3) is 0 Å². The van der Waals surface area contributed by atoms with Gasteiger partial charge in [-0.25, -0.2) is 0 Å². The molecule has 1 aliphatic heterocycles. The molecular formula is C18H26N2O. The van der Waals surface area contributed by atoms with Gasteiger partial charge in [-0.2, -0.15) is 0 Å². The number of benzene rings is 1. The topological polar surface area (TPSA) is 28.4 Å². The predicted octanol–water partition coefficient (Wildman–Crippen LogP) is 3.64. The summed E-state index contributed by atoms with van der Waals surface area (Å²) in [4.78, 5) is 2.58. The zero-order valence-corrected chi connectivity index (χ0v) is 13.1. The Kier molecular flexibility index (Phi) is 4.61. The summed E-state index contributed by atoms with van der Waals surface area (Å²) in [7, 11) is 0. The van der Waals surface area contributed by atoms with Crippen LogP contribution in [0.15, 0.2) is 34.9 Å². The summed E-state index contributed by atoms with van der Waals surface area (Å²) in [6.07, 6.45) is 4.59. The largest absolute Gasteiger partial charge is 0.464 e. The van der Waals surface area contributed by atoms with Gasteiger partial charge >= 0.3 is 0 Å². The van der Waals surface area contributed by atoms with Gasteiger partial charge in [-0.1, -0.05) is 32.0 Å². The highest BCUT2D eigenvalue weighted by molar-refractivity contribution is 5.80. The Bertz CT molecular complexity index is 575. The highest BCUT2D eigenvalue weighted by atomic mass is 16.3. The zero-order valence-electron chi connectivity index (χ0n) is 13.1. The van der Waals surface area contributed by atoms with Crippen molar-refractivity contribution >= 4 is 11.0 Å². The summed E-state index contributed by atoms with van der Waals surface area (Å²) in [5.74, 6) is 0.777. The summed E-state index contributed by atoms with van der Waals surface area (Å²) in [5, 5.41) is 4.84. The van der Waals surface area contributed by atoms with E-state index in [1.165, 1.54) is 36.9 Å². The summed E-state index contributed by atoms with van der Waals surface area (Å²) >= 11 is 0. The van der Waals surface area contributed by atoms with Crippen molar-refractivity contribution in [2.75, 3.05) is 19.6 Å². The first kappa shape index (κ1) is 14.6. The van der Waals surface area contributed by atoms with Crippen molar-refractivity contribution < 1.29 is 4.42 Å². The minimum absolute atomic E-state index is 0.582. The van der Waals surface area contributed by atoms with Crippen LogP contribution in [0.3, 0.4) is 0 Å². The van der Waals surface area contributed by atoms with Crippen LogP contribution in [0.5, 0.6) is 0 Å². The number of rotatable bonds is 5. The number of nitrogens with one attached hydrogen (secondary N) is 1. The Labute approximate surface area is 127 Å². The number of fused-ring (bicyclic) bond motifs is 1. The fraction of sp³-hybridized carbons (Fsp3) is 0.556. The number of hydrogen-bond acceptors (Lipinski definition) is 3. The Balaban J connectivity index is 1.62. The van der Waals surface area contributed by atoms with Crippen LogP contribution in [0.1, 0.15) is 32.3 Å². The smallest absolute Gasteiger partial charge is 0.134 e. The van der Waals surface area contributed by atoms with Crippen molar-refractivity contribution in [2.24, 2.45) is 5.92 Å². The molecule has 114 valence electrons. The molecule has 0 radical (unpaired) electrons. The predicted molar refractivity (Wildman–Crippen MR) is 87.4 cm³/mol. The van der Waals surface area contributed by atoms with E-state index in [4.69, 9.17) is 4.42 Å². The van der Waals surface area contributed by atoms with Crippen LogP contribution in [-0.2, 0) is 6.54 Å². The molecule has 3 rings (SSSR count). The molecule has 1 fully saturated rings. The fourth-order valence-electron chi connectivity index (χ4n) is 3.26. The maximum absolute atomic E-state index is 5.66. The third-order valence-corrected chi connectivity index (χ3v) is 4.37. The van der Waals surface area contributed by atoms with E-state index in [0.29, 0.717) is 6.04 Å². The Morgan fingerprint density at radius 1 is 1.33 bits per heavy atom. The molecule has 1 aliphatic rings. The maximum Gasteiger partial charge on any atom is 0.134 e. The monoisotopic (exact) mass is 286 g/mol. The lowest BCUT2D eigenvalue weighted by Gasteiger charge is -2.33. The third-order valence-electron chi connectivity index (χ3n) is 4.37. The Hall–Kier alpha value is -1.32. The normalized spacial score (nSPS) is 20.4. The van der Waals surface area contributed by atoms with Crippen molar-refractivity contribution in [3.05, 3.63) is 36.1 Å². The van der Waals surface area contributed by atoms with Gasteiger partial charge in [-0.15, -0.1) is 0 Å². The van der Waals surface area contributed by atoms with Crippen molar-refractivity contribution in [2.45, 2.75) is 39.3 Å². The zero-order chi connectivity index (χ0) is 14.7. The molecule has 1 atom stereocenters. The minimum Gasteiger partial charge on any atom is -0.464 e. The van der Waals surface area contributed by atoms with E-state index in [2.05, 4.69) is 36.2 Å². The van der Waals surface area contributed by atoms with Crippen molar-refractivity contribution in [1.29, 1.82) is 0 Å². The van der Waals surface area contributed by atoms with Crippen LogP contribution in [0.25, 0.3) is 11.0 Å². The molecule has 2 aromatic rings. The van der Waals surface area contributed by atoms with Gasteiger partial charge in [-0.3, -0.25) is 4.90 Å². The summed E-state index contributed by atoms with van der Waals surface area (Å²) in [5.41, 5.74) is 2.32. The number of nitrogens with zero attached hydrogens (tertiary/aromatic N) is 1. The molecule has 1 N–H and O–H groups in total. The minimum atomic E-state index is 0.582. The second kappa shape index (κ2) is 6.63. The SMILES string of the molecule is CC(C)NCC1CCCN(Cc2coc3ccccc23)C1. The molecule has 1 unspecified atom stereocenters. The van der Waals surface area contributed by atoms with E-state index in [-0.39, 0.29) is 0 Å². The first-order valence-electron chi connectivity index (χ1n) is 8.13. The van der Waals surface area contributed by atoms with E-state index in [0.717, 1.165) is 24.6 Å². The number of likely N-dealkylation sites (tertiary alicyclic amines) is 1.